The minimum Gasteiger partial charge on any atom is -0.410 e. The summed E-state index contributed by atoms with van der Waals surface area (Å²) in [6.07, 6.45) is 3.54. The number of carbonyl (C=O) groups excluding carboxylic acids is 6. The number of nitrogens with one attached hydrogen (secondary N) is 2. The lowest BCUT2D eigenvalue weighted by Crippen LogP contribution is -2.39. The van der Waals surface area contributed by atoms with Gasteiger partial charge in [0.1, 0.15) is 11.5 Å². The van der Waals surface area contributed by atoms with Crippen LogP contribution in [0.25, 0.3) is 20.9 Å². The Bertz CT molecular complexity index is 1620. The average molecular weight is 915 g/mol. The van der Waals surface area contributed by atoms with E-state index in [2.05, 4.69) is 30.7 Å². The van der Waals surface area contributed by atoms with E-state index in [0.29, 0.717) is 84.4 Å². The van der Waals surface area contributed by atoms with Gasteiger partial charge in [0.2, 0.25) is 17.7 Å². The van der Waals surface area contributed by atoms with Crippen molar-refractivity contribution in [1.29, 1.82) is 0 Å². The van der Waals surface area contributed by atoms with Gasteiger partial charge in [0, 0.05) is 88.1 Å². The number of hydrogen-bond donors (Lipinski definition) is 2. The highest BCUT2D eigenvalue weighted by atomic mass is 19.1. The highest BCUT2D eigenvalue weighted by molar-refractivity contribution is 5.86. The molecule has 0 unspecified atom stereocenters. The fourth-order valence-electron chi connectivity index (χ4n) is 4.66. The summed E-state index contributed by atoms with van der Waals surface area (Å²) in [6, 6.07) is 5.11. The Morgan fingerprint density at radius 3 is 1.78 bits per heavy atom. The first-order valence-electron chi connectivity index (χ1n) is 21.1. The minimum absolute atomic E-state index is 0.0278. The molecule has 1 rings (SSSR count). The Kier molecular flexibility index (Phi) is 38.4. The van der Waals surface area contributed by atoms with E-state index in [9.17, 15) is 43.3 Å². The lowest BCUT2D eigenvalue weighted by atomic mass is 10.1. The van der Waals surface area contributed by atoms with E-state index in [-0.39, 0.29) is 106 Å². The lowest BCUT2D eigenvalue weighted by molar-refractivity contribution is -0.384. The summed E-state index contributed by atoms with van der Waals surface area (Å²) in [7, 11) is 2.12. The number of amides is 4. The van der Waals surface area contributed by atoms with Crippen molar-refractivity contribution in [3.05, 3.63) is 55.3 Å². The third-order valence-corrected chi connectivity index (χ3v) is 8.07. The number of likely N-dealkylation sites (N-methyl/N-ethyl adjacent to an activating group) is 2. The minimum atomic E-state index is -1.00. The molecule has 360 valence electrons. The predicted molar refractivity (Wildman–Crippen MR) is 231 cm³/mol. The summed E-state index contributed by atoms with van der Waals surface area (Å²) < 4.78 is 41.8. The van der Waals surface area contributed by atoms with Crippen LogP contribution in [0.5, 0.6) is 5.75 Å². The molecular formula is C39H64FN11O13. The van der Waals surface area contributed by atoms with Crippen LogP contribution in [0.15, 0.2) is 34.5 Å². The molecule has 0 saturated heterocycles. The zero-order valence-electron chi connectivity index (χ0n) is 38.0. The van der Waals surface area contributed by atoms with E-state index in [0.717, 1.165) is 0 Å². The van der Waals surface area contributed by atoms with Crippen molar-refractivity contribution in [1.82, 2.24) is 20.4 Å². The summed E-state index contributed by atoms with van der Waals surface area (Å²) in [5.74, 6) is -0.292. The van der Waals surface area contributed by atoms with Gasteiger partial charge in [-0.1, -0.05) is 17.2 Å². The zero-order valence-corrected chi connectivity index (χ0v) is 37.0. The maximum atomic E-state index is 12.0. The Hall–Kier alpha value is -5.97. The van der Waals surface area contributed by atoms with E-state index >= 15 is 0 Å². The third-order valence-electron chi connectivity index (χ3n) is 8.07. The van der Waals surface area contributed by atoms with E-state index in [4.69, 9.17) is 36.1 Å². The van der Waals surface area contributed by atoms with Crippen molar-refractivity contribution in [3.8, 4) is 5.75 Å². The largest absolute Gasteiger partial charge is 0.412 e. The van der Waals surface area contributed by atoms with Crippen molar-refractivity contribution >= 4 is 41.1 Å². The van der Waals surface area contributed by atoms with Crippen molar-refractivity contribution in [2.24, 2.45) is 10.2 Å². The quantitative estimate of drug-likeness (QED) is 0.0234. The number of ketones is 2. The van der Waals surface area contributed by atoms with Gasteiger partial charge in [-0.25, -0.2) is 4.79 Å². The maximum absolute atomic E-state index is 12.0. The summed E-state index contributed by atoms with van der Waals surface area (Å²) in [5, 5.41) is 22.5. The SMILES string of the molecule is CCC(=O)CCCOCCOCCC(=O)N(C)CC(=O)NCCCN=[N+]=[N-].CN(CC(=O)CCCCN=[N+]=[N-])C(=O)CCOCCOCCNC(=O)Oc1ccc([N+](=O)[O-])cc1.[2H]CF. The number of unbranched alkanes of at least 4 members (excludes halogenated alkanes) is 1. The number of benzene rings is 1. The maximum Gasteiger partial charge on any atom is 0.412 e. The molecule has 0 atom stereocenters. The number of rotatable bonds is 35. The van der Waals surface area contributed by atoms with Gasteiger partial charge in [0.25, 0.3) is 5.69 Å². The fraction of sp³-hybridized carbons (Fsp3) is 0.692. The molecule has 25 heteroatoms. The van der Waals surface area contributed by atoms with Crippen molar-refractivity contribution in [2.45, 2.75) is 64.7 Å². The van der Waals surface area contributed by atoms with E-state index in [1.54, 1.807) is 14.1 Å². The number of nitro groups is 1. The molecule has 0 spiro atoms. The number of ether oxygens (including phenoxy) is 5. The third kappa shape index (κ3) is 36.7. The molecule has 0 aliphatic heterocycles. The monoisotopic (exact) mass is 914 g/mol. The van der Waals surface area contributed by atoms with Crippen molar-refractivity contribution in [3.63, 3.8) is 0 Å². The smallest absolute Gasteiger partial charge is 0.410 e. The van der Waals surface area contributed by atoms with Crippen LogP contribution in [0.2, 0.25) is 0 Å². The van der Waals surface area contributed by atoms with Gasteiger partial charge in [-0.2, -0.15) is 0 Å². The predicted octanol–water partition coefficient (Wildman–Crippen LogP) is 4.64. The second kappa shape index (κ2) is 42.3. The summed E-state index contributed by atoms with van der Waals surface area (Å²) in [6.45, 7) is 5.61. The topological polar surface area (TPSA) is 320 Å². The standard InChI is InChI=1S/C21H30N6O8.C17H31N5O5.CH3F/c1-26(16-18(28)4-2-3-10-24-25-22)20(29)9-12-33-14-15-34-13-11-23-21(30)35-19-7-5-17(6-8-19)27(31)32;1-3-15(23)6-4-10-26-12-13-27-11-7-17(25)22(2)14-16(24)19-8-5-9-20-21-18;1-2/h5-8H,2-4,9-16H2,1H3,(H,23,30);3-14H2,1-2H3,(H,19,24);1H3/i;;1D. The molecule has 0 aromatic heterocycles. The molecule has 64 heavy (non-hydrogen) atoms. The van der Waals surface area contributed by atoms with Gasteiger partial charge in [-0.15, -0.1) is 0 Å². The number of azide groups is 2. The van der Waals surface area contributed by atoms with Crippen molar-refractivity contribution < 1.29 is 63.1 Å². The lowest BCUT2D eigenvalue weighted by Gasteiger charge is -2.16. The first-order valence-corrected chi connectivity index (χ1v) is 20.4. The van der Waals surface area contributed by atoms with Gasteiger partial charge in [-0.3, -0.25) is 38.5 Å². The Morgan fingerprint density at radius 2 is 1.23 bits per heavy atom. The number of non-ortho nitro benzene ring substituents is 1. The first-order chi connectivity index (χ1) is 31.2. The number of alkyl halides is 1. The van der Waals surface area contributed by atoms with Crippen LogP contribution in [-0.4, -0.2) is 163 Å². The number of Topliss-reactive ketones (excluding diaryl/α,β-unsaturated/α-hetero) is 2. The summed E-state index contributed by atoms with van der Waals surface area (Å²) in [5.41, 5.74) is 16.2. The Labute approximate surface area is 373 Å². The normalized spacial score (nSPS) is 10.2. The highest BCUT2D eigenvalue weighted by Gasteiger charge is 2.14. The molecule has 1 aromatic rings. The second-order valence-electron chi connectivity index (χ2n) is 13.1. The van der Waals surface area contributed by atoms with Crippen LogP contribution < -0.4 is 15.4 Å². The number of nitrogens with zero attached hydrogens (tertiary/aromatic N) is 9. The highest BCUT2D eigenvalue weighted by Crippen LogP contribution is 2.17. The first kappa shape index (κ1) is 58.0. The summed E-state index contributed by atoms with van der Waals surface area (Å²) in [4.78, 5) is 88.2. The molecule has 2 N–H and O–H groups in total. The van der Waals surface area contributed by atoms with Gasteiger partial charge >= 0.3 is 6.09 Å². The van der Waals surface area contributed by atoms with Gasteiger partial charge in [0.05, 0.1) is 85.6 Å². The number of halogens is 1. The van der Waals surface area contributed by atoms with Crippen LogP contribution in [0, 0.1) is 10.1 Å². The number of hydrogen-bond acceptors (Lipinski definition) is 15. The van der Waals surface area contributed by atoms with E-state index in [1.165, 1.54) is 34.1 Å². The Morgan fingerprint density at radius 1 is 0.719 bits per heavy atom. The Balaban J connectivity index is 0. The fourth-order valence-corrected chi connectivity index (χ4v) is 4.66. The van der Waals surface area contributed by atoms with Crippen LogP contribution in [0.4, 0.5) is 14.9 Å². The molecule has 1 aromatic carbocycles. The molecule has 4 amide bonds. The molecule has 0 aliphatic rings. The van der Waals surface area contributed by atoms with E-state index < -0.39 is 18.2 Å². The van der Waals surface area contributed by atoms with Crippen LogP contribution in [-0.2, 0) is 42.9 Å². The second-order valence-corrected chi connectivity index (χ2v) is 13.1. The molecule has 24 nitrogen and oxygen atoms in total. The van der Waals surface area contributed by atoms with Gasteiger partial charge < -0.3 is 44.1 Å². The van der Waals surface area contributed by atoms with Crippen LogP contribution in [0.3, 0.4) is 0 Å². The molecule has 0 bridgehead atoms. The van der Waals surface area contributed by atoms with Gasteiger partial charge in [0.15, 0.2) is 5.78 Å². The molecule has 0 heterocycles. The number of carbonyl (C=O) groups is 6. The summed E-state index contributed by atoms with van der Waals surface area (Å²) >= 11 is 0. The molecule has 0 radical (unpaired) electrons. The van der Waals surface area contributed by atoms with E-state index in [1.807, 2.05) is 6.92 Å². The zero-order chi connectivity index (χ0) is 48.9. The van der Waals surface area contributed by atoms with Crippen molar-refractivity contribution in [2.75, 3.05) is 113 Å². The molecule has 0 saturated carbocycles. The molecule has 0 fully saturated rings. The molecule has 0 aliphatic carbocycles. The molecular weight excluding hydrogens is 849 g/mol. The average Bonchev–Trinajstić information content (AvgIpc) is 3.28. The van der Waals surface area contributed by atoms with Crippen LogP contribution >= 0.6 is 0 Å². The van der Waals surface area contributed by atoms with Gasteiger partial charge in [-0.05, 0) is 48.9 Å². The number of nitro benzene ring substituents is 1. The van der Waals surface area contributed by atoms with Crippen LogP contribution in [0.1, 0.15) is 66.1 Å².